The molecule has 2 aromatic carbocycles. The van der Waals surface area contributed by atoms with Gasteiger partial charge >= 0.3 is 0 Å². The van der Waals surface area contributed by atoms with Gasteiger partial charge in [-0.3, -0.25) is 4.79 Å². The van der Waals surface area contributed by atoms with E-state index in [2.05, 4.69) is 9.97 Å². The van der Waals surface area contributed by atoms with Gasteiger partial charge in [0.25, 0.3) is 5.56 Å². The SMILES string of the molecule is COc1ccc(-c2ccc3c(=O)[nH]cnc3c2)c(OC)c1OC. The first kappa shape index (κ1) is 14.9. The van der Waals surface area contributed by atoms with Gasteiger partial charge in [0, 0.05) is 5.56 Å². The van der Waals surface area contributed by atoms with Gasteiger partial charge in [0.05, 0.1) is 38.6 Å². The van der Waals surface area contributed by atoms with Crippen molar-refractivity contribution in [3.63, 3.8) is 0 Å². The lowest BCUT2D eigenvalue weighted by atomic mass is 10.0. The van der Waals surface area contributed by atoms with Crippen LogP contribution in [0.4, 0.5) is 0 Å². The normalized spacial score (nSPS) is 10.6. The Balaban J connectivity index is 2.24. The van der Waals surface area contributed by atoms with Crippen molar-refractivity contribution in [3.8, 4) is 28.4 Å². The molecule has 0 atom stereocenters. The Kier molecular flexibility index (Phi) is 3.89. The number of H-pyrrole nitrogens is 1. The number of rotatable bonds is 4. The fraction of sp³-hybridized carbons (Fsp3) is 0.176. The number of nitrogens with one attached hydrogen (secondary N) is 1. The third kappa shape index (κ3) is 2.48. The zero-order chi connectivity index (χ0) is 16.4. The third-order valence-corrected chi connectivity index (χ3v) is 3.66. The van der Waals surface area contributed by atoms with Gasteiger partial charge in [0.1, 0.15) is 0 Å². The fourth-order valence-electron chi connectivity index (χ4n) is 2.56. The highest BCUT2D eigenvalue weighted by molar-refractivity contribution is 5.86. The molecule has 0 saturated heterocycles. The number of ether oxygens (including phenoxy) is 3. The molecule has 0 amide bonds. The lowest BCUT2D eigenvalue weighted by Crippen LogP contribution is -2.05. The molecule has 1 aromatic heterocycles. The summed E-state index contributed by atoms with van der Waals surface area (Å²) >= 11 is 0. The van der Waals surface area contributed by atoms with Crippen molar-refractivity contribution < 1.29 is 14.2 Å². The van der Waals surface area contributed by atoms with Crippen molar-refractivity contribution >= 4 is 10.9 Å². The molecule has 0 aliphatic heterocycles. The van der Waals surface area contributed by atoms with Gasteiger partial charge in [-0.1, -0.05) is 6.07 Å². The molecule has 0 aliphatic carbocycles. The van der Waals surface area contributed by atoms with Crippen molar-refractivity contribution in [2.45, 2.75) is 0 Å². The van der Waals surface area contributed by atoms with Crippen LogP contribution in [0.3, 0.4) is 0 Å². The first-order chi connectivity index (χ1) is 11.2. The minimum absolute atomic E-state index is 0.166. The molecule has 0 fully saturated rings. The molecule has 118 valence electrons. The summed E-state index contributed by atoms with van der Waals surface area (Å²) in [6.07, 6.45) is 1.39. The van der Waals surface area contributed by atoms with Crippen LogP contribution in [0.1, 0.15) is 0 Å². The van der Waals surface area contributed by atoms with Gasteiger partial charge in [-0.25, -0.2) is 4.98 Å². The highest BCUT2D eigenvalue weighted by atomic mass is 16.5. The summed E-state index contributed by atoms with van der Waals surface area (Å²) in [7, 11) is 4.71. The molecule has 0 unspecified atom stereocenters. The van der Waals surface area contributed by atoms with E-state index in [9.17, 15) is 4.79 Å². The molecule has 1 heterocycles. The predicted octanol–water partition coefficient (Wildman–Crippen LogP) is 2.62. The monoisotopic (exact) mass is 312 g/mol. The highest BCUT2D eigenvalue weighted by Gasteiger charge is 2.17. The second kappa shape index (κ2) is 6.00. The van der Waals surface area contributed by atoms with Crippen LogP contribution < -0.4 is 19.8 Å². The molecule has 0 saturated carbocycles. The average Bonchev–Trinajstić information content (AvgIpc) is 2.60. The lowest BCUT2D eigenvalue weighted by molar-refractivity contribution is 0.325. The number of hydrogen-bond acceptors (Lipinski definition) is 5. The second-order valence-corrected chi connectivity index (χ2v) is 4.85. The minimum atomic E-state index is -0.166. The molecule has 3 rings (SSSR count). The number of nitrogens with zero attached hydrogens (tertiary/aromatic N) is 1. The van der Waals surface area contributed by atoms with E-state index in [-0.39, 0.29) is 5.56 Å². The Hall–Kier alpha value is -3.02. The summed E-state index contributed by atoms with van der Waals surface area (Å²) in [5.41, 5.74) is 2.14. The van der Waals surface area contributed by atoms with Crippen molar-refractivity contribution in [2.24, 2.45) is 0 Å². The predicted molar refractivity (Wildman–Crippen MR) is 87.5 cm³/mol. The number of hydrogen-bond donors (Lipinski definition) is 1. The molecule has 6 heteroatoms. The van der Waals surface area contributed by atoms with E-state index in [4.69, 9.17) is 14.2 Å². The van der Waals surface area contributed by atoms with E-state index in [0.29, 0.717) is 28.2 Å². The molecule has 3 aromatic rings. The van der Waals surface area contributed by atoms with Crippen LogP contribution in [0.15, 0.2) is 41.5 Å². The summed E-state index contributed by atoms with van der Waals surface area (Å²) in [6.45, 7) is 0. The van der Waals surface area contributed by atoms with E-state index >= 15 is 0 Å². The second-order valence-electron chi connectivity index (χ2n) is 4.85. The number of benzene rings is 2. The van der Waals surface area contributed by atoms with E-state index in [1.165, 1.54) is 6.33 Å². The van der Waals surface area contributed by atoms with Crippen LogP contribution in [0.2, 0.25) is 0 Å². The van der Waals surface area contributed by atoms with E-state index < -0.39 is 0 Å². The number of aromatic nitrogens is 2. The van der Waals surface area contributed by atoms with Crippen molar-refractivity contribution in [1.29, 1.82) is 0 Å². The molecule has 0 spiro atoms. The maximum Gasteiger partial charge on any atom is 0.258 e. The van der Waals surface area contributed by atoms with E-state index in [1.807, 2.05) is 24.3 Å². The largest absolute Gasteiger partial charge is 0.493 e. The van der Waals surface area contributed by atoms with Crippen LogP contribution in [-0.2, 0) is 0 Å². The van der Waals surface area contributed by atoms with Crippen LogP contribution in [-0.4, -0.2) is 31.3 Å². The number of methoxy groups -OCH3 is 3. The zero-order valence-electron chi connectivity index (χ0n) is 13.0. The van der Waals surface area contributed by atoms with Gasteiger partial charge in [-0.15, -0.1) is 0 Å². The van der Waals surface area contributed by atoms with Crippen LogP contribution >= 0.6 is 0 Å². The summed E-state index contributed by atoms with van der Waals surface area (Å²) in [6, 6.07) is 9.13. The Bertz CT molecular complexity index is 918. The van der Waals surface area contributed by atoms with Gasteiger partial charge in [-0.2, -0.15) is 0 Å². The van der Waals surface area contributed by atoms with Crippen molar-refractivity contribution in [1.82, 2.24) is 9.97 Å². The lowest BCUT2D eigenvalue weighted by Gasteiger charge is -2.16. The molecule has 23 heavy (non-hydrogen) atoms. The Morgan fingerprint density at radius 3 is 2.43 bits per heavy atom. The highest BCUT2D eigenvalue weighted by Crippen LogP contribution is 2.44. The standard InChI is InChI=1S/C17H16N2O4/c1-21-14-7-6-11(15(22-2)16(14)23-3)10-4-5-12-13(8-10)18-9-19-17(12)20/h4-9H,1-3H3,(H,18,19,20). The van der Waals surface area contributed by atoms with E-state index in [1.54, 1.807) is 27.4 Å². The number of aromatic amines is 1. The zero-order valence-corrected chi connectivity index (χ0v) is 13.0. The first-order valence-electron chi connectivity index (χ1n) is 6.96. The molecule has 1 N–H and O–H groups in total. The quantitative estimate of drug-likeness (QED) is 0.801. The molecule has 0 bridgehead atoms. The van der Waals surface area contributed by atoms with Gasteiger partial charge in [0.2, 0.25) is 5.75 Å². The minimum Gasteiger partial charge on any atom is -0.493 e. The third-order valence-electron chi connectivity index (χ3n) is 3.66. The van der Waals surface area contributed by atoms with E-state index in [0.717, 1.165) is 11.1 Å². The first-order valence-corrected chi connectivity index (χ1v) is 6.96. The summed E-state index contributed by atoms with van der Waals surface area (Å²) in [4.78, 5) is 18.5. The summed E-state index contributed by atoms with van der Waals surface area (Å²) in [5.74, 6) is 1.67. The Morgan fingerprint density at radius 1 is 0.957 bits per heavy atom. The number of fused-ring (bicyclic) bond motifs is 1. The molecule has 0 radical (unpaired) electrons. The van der Waals surface area contributed by atoms with Gasteiger partial charge in [-0.05, 0) is 29.8 Å². The Morgan fingerprint density at radius 2 is 1.74 bits per heavy atom. The summed E-state index contributed by atoms with van der Waals surface area (Å²) < 4.78 is 16.2. The topological polar surface area (TPSA) is 73.4 Å². The van der Waals surface area contributed by atoms with Crippen molar-refractivity contribution in [2.75, 3.05) is 21.3 Å². The maximum absolute atomic E-state index is 11.8. The average molecular weight is 312 g/mol. The summed E-state index contributed by atoms with van der Waals surface area (Å²) in [5, 5.41) is 0.538. The Labute approximate surface area is 132 Å². The smallest absolute Gasteiger partial charge is 0.258 e. The molecular weight excluding hydrogens is 296 g/mol. The van der Waals surface area contributed by atoms with Gasteiger partial charge < -0.3 is 19.2 Å². The molecule has 0 aliphatic rings. The molecular formula is C17H16N2O4. The van der Waals surface area contributed by atoms with Crippen LogP contribution in [0.5, 0.6) is 17.2 Å². The maximum atomic E-state index is 11.8. The fourth-order valence-corrected chi connectivity index (χ4v) is 2.56. The van der Waals surface area contributed by atoms with Gasteiger partial charge in [0.15, 0.2) is 11.5 Å². The van der Waals surface area contributed by atoms with Crippen LogP contribution in [0, 0.1) is 0 Å². The van der Waals surface area contributed by atoms with Crippen LogP contribution in [0.25, 0.3) is 22.0 Å². The van der Waals surface area contributed by atoms with Crippen molar-refractivity contribution in [3.05, 3.63) is 47.0 Å². The molecule has 6 nitrogen and oxygen atoms in total.